The first-order valence-electron chi connectivity index (χ1n) is 8.11. The summed E-state index contributed by atoms with van der Waals surface area (Å²) in [4.78, 5) is 14.3. The van der Waals surface area contributed by atoms with Crippen LogP contribution in [-0.4, -0.2) is 33.6 Å². The molecule has 0 bridgehead atoms. The van der Waals surface area contributed by atoms with Crippen molar-refractivity contribution in [3.05, 3.63) is 58.0 Å². The molecular weight excluding hydrogens is 383 g/mol. The van der Waals surface area contributed by atoms with Gasteiger partial charge in [0, 0.05) is 24.7 Å². The summed E-state index contributed by atoms with van der Waals surface area (Å²) in [5, 5.41) is 9.08. The first-order chi connectivity index (χ1) is 12.7. The Kier molecular flexibility index (Phi) is 5.05. The highest BCUT2D eigenvalue weighted by molar-refractivity contribution is 6.34. The Hall–Kier alpha value is -2.68. The van der Waals surface area contributed by atoms with Gasteiger partial charge in [0.1, 0.15) is 5.82 Å². The van der Waals surface area contributed by atoms with Gasteiger partial charge in [-0.3, -0.25) is 9.89 Å². The number of rotatable bonds is 3. The second-order valence-corrected chi connectivity index (χ2v) is 6.50. The quantitative estimate of drug-likeness (QED) is 0.736. The number of aromatic nitrogens is 2. The number of alkyl halides is 3. The summed E-state index contributed by atoms with van der Waals surface area (Å²) in [7, 11) is 0. The fourth-order valence-corrected chi connectivity index (χ4v) is 3.28. The van der Waals surface area contributed by atoms with Gasteiger partial charge in [0.05, 0.1) is 34.1 Å². The first-order valence-corrected chi connectivity index (χ1v) is 8.49. The number of H-pyrrole nitrogens is 1. The van der Waals surface area contributed by atoms with Crippen molar-refractivity contribution >= 4 is 23.3 Å². The minimum atomic E-state index is -4.64. The molecule has 0 radical (unpaired) electrons. The largest absolute Gasteiger partial charge is 0.417 e. The molecule has 4 N–H and O–H groups in total. The Morgan fingerprint density at radius 3 is 2.78 bits per heavy atom. The molecule has 3 rings (SSSR count). The van der Waals surface area contributed by atoms with Crippen LogP contribution in [0.15, 0.2) is 41.9 Å². The summed E-state index contributed by atoms with van der Waals surface area (Å²) in [6.07, 6.45) is -2.64. The van der Waals surface area contributed by atoms with Gasteiger partial charge in [-0.05, 0) is 19.1 Å². The number of nitrogens with zero attached hydrogens (tertiary/aromatic N) is 2. The fourth-order valence-electron chi connectivity index (χ4n) is 2.96. The van der Waals surface area contributed by atoms with Crippen LogP contribution in [0.1, 0.15) is 29.3 Å². The molecule has 10 heteroatoms. The predicted octanol–water partition coefficient (Wildman–Crippen LogP) is 3.60. The molecule has 1 amide bonds. The lowest BCUT2D eigenvalue weighted by Gasteiger charge is -2.36. The normalized spacial score (nSPS) is 18.0. The van der Waals surface area contributed by atoms with Crippen molar-refractivity contribution < 1.29 is 18.0 Å². The van der Waals surface area contributed by atoms with Crippen molar-refractivity contribution in [1.82, 2.24) is 15.1 Å². The van der Waals surface area contributed by atoms with E-state index in [1.807, 2.05) is 0 Å². The smallest absolute Gasteiger partial charge is 0.399 e. The van der Waals surface area contributed by atoms with Crippen LogP contribution >= 0.6 is 11.6 Å². The monoisotopic (exact) mass is 399 g/mol. The Balaban J connectivity index is 1.86. The van der Waals surface area contributed by atoms with Crippen LogP contribution in [0, 0.1) is 0 Å². The summed E-state index contributed by atoms with van der Waals surface area (Å²) >= 11 is 5.88. The van der Waals surface area contributed by atoms with Crippen LogP contribution in [0.3, 0.4) is 0 Å². The molecule has 27 heavy (non-hydrogen) atoms. The number of anilines is 1. The molecular formula is C17H17ClF3N5O. The zero-order valence-corrected chi connectivity index (χ0v) is 15.0. The summed E-state index contributed by atoms with van der Waals surface area (Å²) < 4.78 is 39.2. The molecule has 2 heterocycles. The van der Waals surface area contributed by atoms with E-state index >= 15 is 0 Å². The van der Waals surface area contributed by atoms with Gasteiger partial charge in [-0.2, -0.15) is 18.3 Å². The lowest BCUT2D eigenvalue weighted by molar-refractivity contribution is -0.137. The molecule has 1 aliphatic heterocycles. The number of nitrogens with two attached hydrogens (primary N) is 1. The van der Waals surface area contributed by atoms with E-state index in [1.54, 1.807) is 19.2 Å². The molecule has 1 aromatic carbocycles. The maximum Gasteiger partial charge on any atom is 0.417 e. The highest BCUT2D eigenvalue weighted by Gasteiger charge is 2.36. The lowest BCUT2D eigenvalue weighted by atomic mass is 10.0. The first kappa shape index (κ1) is 19.1. The van der Waals surface area contributed by atoms with Crippen molar-refractivity contribution in [2.24, 2.45) is 5.73 Å². The van der Waals surface area contributed by atoms with Gasteiger partial charge in [-0.1, -0.05) is 17.7 Å². The van der Waals surface area contributed by atoms with Crippen LogP contribution in [0.2, 0.25) is 5.02 Å². The molecule has 1 atom stereocenters. The summed E-state index contributed by atoms with van der Waals surface area (Å²) in [5.74, 6) is 0.0583. The zero-order valence-electron chi connectivity index (χ0n) is 14.3. The minimum Gasteiger partial charge on any atom is -0.399 e. The van der Waals surface area contributed by atoms with Crippen LogP contribution in [0.4, 0.5) is 19.0 Å². The van der Waals surface area contributed by atoms with E-state index in [1.165, 1.54) is 17.0 Å². The molecule has 0 spiro atoms. The zero-order chi connectivity index (χ0) is 19.8. The van der Waals surface area contributed by atoms with Crippen molar-refractivity contribution in [3.8, 4) is 0 Å². The van der Waals surface area contributed by atoms with Crippen molar-refractivity contribution in [2.45, 2.75) is 25.6 Å². The predicted molar refractivity (Wildman–Crippen MR) is 95.0 cm³/mol. The fraction of sp³-hybridized carbons (Fsp3) is 0.294. The van der Waals surface area contributed by atoms with E-state index in [-0.39, 0.29) is 12.1 Å². The molecule has 1 aromatic heterocycles. The van der Waals surface area contributed by atoms with Gasteiger partial charge in [0.25, 0.3) is 5.91 Å². The molecule has 0 fully saturated rings. The summed E-state index contributed by atoms with van der Waals surface area (Å²) in [5.41, 5.74) is 6.07. The number of nitrogens with one attached hydrogen (secondary N) is 2. The maximum atomic E-state index is 13.1. The maximum absolute atomic E-state index is 13.1. The number of hydrogen-bond acceptors (Lipinski definition) is 4. The summed E-state index contributed by atoms with van der Waals surface area (Å²) in [6.45, 7) is 1.99. The van der Waals surface area contributed by atoms with Crippen LogP contribution in [0.5, 0.6) is 0 Å². The SMILES string of the molecule is CC1C(N)=C(Nc2ccn[nH]2)CCN1C(=O)c1cccc(C(F)(F)F)c1Cl. The third kappa shape index (κ3) is 3.73. The van der Waals surface area contributed by atoms with Gasteiger partial charge >= 0.3 is 6.18 Å². The standard InChI is InChI=1S/C17H17ClF3N5O/c1-9-15(22)12(24-13-5-7-23-25-13)6-8-26(9)16(27)10-3-2-4-11(14(10)18)17(19,20)21/h2-5,7,9H,6,8,22H2,1H3,(H2,23,24,25). The third-order valence-corrected chi connectivity index (χ3v) is 4.86. The molecule has 0 saturated heterocycles. The Morgan fingerprint density at radius 1 is 1.41 bits per heavy atom. The lowest BCUT2D eigenvalue weighted by Crippen LogP contribution is -2.46. The topological polar surface area (TPSA) is 87.0 Å². The van der Waals surface area contributed by atoms with E-state index in [0.29, 0.717) is 17.9 Å². The molecule has 2 aromatic rings. The molecule has 144 valence electrons. The van der Waals surface area contributed by atoms with E-state index in [4.69, 9.17) is 17.3 Å². The number of halogens is 4. The molecule has 6 nitrogen and oxygen atoms in total. The van der Waals surface area contributed by atoms with Crippen LogP contribution in [-0.2, 0) is 6.18 Å². The number of carbonyl (C=O) groups excluding carboxylic acids is 1. The van der Waals surface area contributed by atoms with E-state index in [0.717, 1.165) is 11.8 Å². The Bertz CT molecular complexity index is 879. The Morgan fingerprint density at radius 2 is 2.15 bits per heavy atom. The van der Waals surface area contributed by atoms with Gasteiger partial charge < -0.3 is 16.0 Å². The minimum absolute atomic E-state index is 0.198. The third-order valence-electron chi connectivity index (χ3n) is 4.45. The average Bonchev–Trinajstić information content (AvgIpc) is 3.11. The number of amides is 1. The molecule has 0 aliphatic carbocycles. The van der Waals surface area contributed by atoms with Crippen LogP contribution < -0.4 is 11.1 Å². The van der Waals surface area contributed by atoms with Gasteiger partial charge in [0.2, 0.25) is 0 Å². The number of hydrogen-bond donors (Lipinski definition) is 3. The summed E-state index contributed by atoms with van der Waals surface area (Å²) in [6, 6.07) is 4.51. The number of benzene rings is 1. The van der Waals surface area contributed by atoms with Gasteiger partial charge in [-0.25, -0.2) is 0 Å². The van der Waals surface area contributed by atoms with Crippen LogP contribution in [0.25, 0.3) is 0 Å². The van der Waals surface area contributed by atoms with Crippen molar-refractivity contribution in [1.29, 1.82) is 0 Å². The van der Waals surface area contributed by atoms with E-state index < -0.39 is 28.7 Å². The van der Waals surface area contributed by atoms with Gasteiger partial charge in [0.15, 0.2) is 0 Å². The van der Waals surface area contributed by atoms with Crippen molar-refractivity contribution in [2.75, 3.05) is 11.9 Å². The second kappa shape index (κ2) is 7.15. The van der Waals surface area contributed by atoms with Gasteiger partial charge in [-0.15, -0.1) is 0 Å². The molecule has 0 saturated carbocycles. The highest BCUT2D eigenvalue weighted by Crippen LogP contribution is 2.37. The highest BCUT2D eigenvalue weighted by atomic mass is 35.5. The molecule has 1 aliphatic rings. The van der Waals surface area contributed by atoms with E-state index in [2.05, 4.69) is 15.5 Å². The van der Waals surface area contributed by atoms with E-state index in [9.17, 15) is 18.0 Å². The second-order valence-electron chi connectivity index (χ2n) is 6.12. The van der Waals surface area contributed by atoms with Crippen molar-refractivity contribution in [3.63, 3.8) is 0 Å². The number of aromatic amines is 1. The molecule has 1 unspecified atom stereocenters. The Labute approximate surface area is 158 Å². The number of carbonyl (C=O) groups is 1. The average molecular weight is 400 g/mol.